The molecular weight excluding hydrogens is 166 g/mol. The molecule has 0 atom stereocenters. The lowest BCUT2D eigenvalue weighted by Gasteiger charge is -2.02. The number of carbonyl (C=O) groups excluding carboxylic acids is 1. The van der Waals surface area contributed by atoms with E-state index in [1.54, 1.807) is 6.20 Å². The molecule has 1 heterocycles. The molecule has 1 N–H and O–H groups in total. The van der Waals surface area contributed by atoms with Crippen LogP contribution in [0, 0.1) is 5.92 Å². The number of rotatable bonds is 3. The van der Waals surface area contributed by atoms with Crippen LogP contribution < -0.4 is 5.43 Å². The second-order valence-corrected chi connectivity index (χ2v) is 3.35. The highest BCUT2D eigenvalue weighted by molar-refractivity contribution is 5.82. The summed E-state index contributed by atoms with van der Waals surface area (Å²) in [5, 5.41) is 0. The minimum absolute atomic E-state index is 0.0173. The Morgan fingerprint density at radius 2 is 2.23 bits per heavy atom. The zero-order chi connectivity index (χ0) is 9.84. The largest absolute Gasteiger partial charge is 0.364 e. The molecule has 0 aromatic carbocycles. The van der Waals surface area contributed by atoms with Crippen molar-refractivity contribution in [3.05, 3.63) is 34.2 Å². The smallest absolute Gasteiger partial charge is 0.181 e. The van der Waals surface area contributed by atoms with Crippen LogP contribution in [0.5, 0.6) is 0 Å². The molecule has 70 valence electrons. The number of Topliss-reactive ketones (excluding diaryl/α,β-unsaturated/α-hetero) is 1. The zero-order valence-corrected chi connectivity index (χ0v) is 7.83. The summed E-state index contributed by atoms with van der Waals surface area (Å²) in [6.45, 7) is 3.70. The first-order valence-electron chi connectivity index (χ1n) is 4.30. The van der Waals surface area contributed by atoms with Gasteiger partial charge in [-0.05, 0) is 0 Å². The van der Waals surface area contributed by atoms with E-state index in [0.717, 1.165) is 0 Å². The lowest BCUT2D eigenvalue weighted by Crippen LogP contribution is -2.12. The van der Waals surface area contributed by atoms with Crippen molar-refractivity contribution in [2.75, 3.05) is 0 Å². The van der Waals surface area contributed by atoms with Crippen LogP contribution in [0.25, 0.3) is 0 Å². The SMILES string of the molecule is CC(C)C(=O)Cc1cc(=O)cc[nH]1. The van der Waals surface area contributed by atoms with Gasteiger partial charge in [0.2, 0.25) is 0 Å². The third-order valence-corrected chi connectivity index (χ3v) is 1.84. The number of pyridine rings is 1. The van der Waals surface area contributed by atoms with E-state index in [1.807, 2.05) is 13.8 Å². The number of aromatic nitrogens is 1. The molecule has 3 nitrogen and oxygen atoms in total. The fourth-order valence-corrected chi connectivity index (χ4v) is 0.986. The maximum atomic E-state index is 11.3. The van der Waals surface area contributed by atoms with Crippen LogP contribution in [-0.2, 0) is 11.2 Å². The van der Waals surface area contributed by atoms with Crippen LogP contribution in [0.2, 0.25) is 0 Å². The third-order valence-electron chi connectivity index (χ3n) is 1.84. The Morgan fingerprint density at radius 3 is 2.77 bits per heavy atom. The van der Waals surface area contributed by atoms with Crippen LogP contribution in [0.15, 0.2) is 23.1 Å². The first-order valence-corrected chi connectivity index (χ1v) is 4.30. The fraction of sp³-hybridized carbons (Fsp3) is 0.400. The Morgan fingerprint density at radius 1 is 1.54 bits per heavy atom. The first-order chi connectivity index (χ1) is 6.09. The van der Waals surface area contributed by atoms with Crippen molar-refractivity contribution in [3.8, 4) is 0 Å². The number of nitrogens with one attached hydrogen (secondary N) is 1. The molecule has 0 aliphatic carbocycles. The second-order valence-electron chi connectivity index (χ2n) is 3.35. The lowest BCUT2D eigenvalue weighted by molar-refractivity contribution is -0.121. The predicted molar refractivity (Wildman–Crippen MR) is 50.6 cm³/mol. The van der Waals surface area contributed by atoms with Crippen LogP contribution >= 0.6 is 0 Å². The first kappa shape index (κ1) is 9.71. The molecular formula is C10H13NO2. The lowest BCUT2D eigenvalue weighted by atomic mass is 10.0. The van der Waals surface area contributed by atoms with Gasteiger partial charge in [-0.3, -0.25) is 9.59 Å². The minimum Gasteiger partial charge on any atom is -0.364 e. The average molecular weight is 179 g/mol. The second kappa shape index (κ2) is 4.03. The Labute approximate surface area is 76.8 Å². The van der Waals surface area contributed by atoms with E-state index in [-0.39, 0.29) is 17.1 Å². The molecule has 0 saturated carbocycles. The zero-order valence-electron chi connectivity index (χ0n) is 7.83. The van der Waals surface area contributed by atoms with Crippen LogP contribution in [0.3, 0.4) is 0 Å². The summed E-state index contributed by atoms with van der Waals surface area (Å²) in [5.41, 5.74) is 0.622. The highest BCUT2D eigenvalue weighted by Gasteiger charge is 2.08. The quantitative estimate of drug-likeness (QED) is 0.756. The van der Waals surface area contributed by atoms with Gasteiger partial charge in [0, 0.05) is 36.4 Å². The van der Waals surface area contributed by atoms with Crippen molar-refractivity contribution in [3.63, 3.8) is 0 Å². The molecule has 0 fully saturated rings. The van der Waals surface area contributed by atoms with E-state index in [1.165, 1.54) is 12.1 Å². The number of ketones is 1. The van der Waals surface area contributed by atoms with Crippen molar-refractivity contribution in [2.24, 2.45) is 5.92 Å². The number of carbonyl (C=O) groups is 1. The summed E-state index contributed by atoms with van der Waals surface area (Å²) in [5.74, 6) is 0.158. The maximum Gasteiger partial charge on any atom is 0.181 e. The van der Waals surface area contributed by atoms with E-state index in [0.29, 0.717) is 12.1 Å². The van der Waals surface area contributed by atoms with Crippen molar-refractivity contribution in [2.45, 2.75) is 20.3 Å². The summed E-state index contributed by atoms with van der Waals surface area (Å²) in [6, 6.07) is 2.89. The van der Waals surface area contributed by atoms with Gasteiger partial charge in [-0.15, -0.1) is 0 Å². The van der Waals surface area contributed by atoms with Gasteiger partial charge in [0.05, 0.1) is 0 Å². The molecule has 0 radical (unpaired) electrons. The summed E-state index contributed by atoms with van der Waals surface area (Å²) in [4.78, 5) is 25.1. The van der Waals surface area contributed by atoms with E-state index in [9.17, 15) is 9.59 Å². The van der Waals surface area contributed by atoms with Gasteiger partial charge in [-0.25, -0.2) is 0 Å². The van der Waals surface area contributed by atoms with E-state index < -0.39 is 0 Å². The van der Waals surface area contributed by atoms with Gasteiger partial charge in [0.15, 0.2) is 5.43 Å². The highest BCUT2D eigenvalue weighted by atomic mass is 16.1. The number of hydrogen-bond donors (Lipinski definition) is 1. The monoisotopic (exact) mass is 179 g/mol. The Hall–Kier alpha value is -1.38. The molecule has 0 aliphatic rings. The molecule has 0 amide bonds. The van der Waals surface area contributed by atoms with Crippen molar-refractivity contribution in [1.29, 1.82) is 0 Å². The molecule has 1 aromatic heterocycles. The Kier molecular flexibility index (Phi) is 3.01. The van der Waals surface area contributed by atoms with Crippen LogP contribution in [0.4, 0.5) is 0 Å². The summed E-state index contributed by atoms with van der Waals surface area (Å²) in [7, 11) is 0. The molecule has 13 heavy (non-hydrogen) atoms. The Balaban J connectivity index is 2.75. The minimum atomic E-state index is -0.0645. The van der Waals surface area contributed by atoms with Gasteiger partial charge >= 0.3 is 0 Å². The van der Waals surface area contributed by atoms with Crippen molar-refractivity contribution < 1.29 is 4.79 Å². The normalized spacial score (nSPS) is 10.4. The van der Waals surface area contributed by atoms with Crippen LogP contribution in [-0.4, -0.2) is 10.8 Å². The van der Waals surface area contributed by atoms with E-state index >= 15 is 0 Å². The molecule has 0 saturated heterocycles. The Bertz CT molecular complexity index is 352. The molecule has 1 aromatic rings. The van der Waals surface area contributed by atoms with Gasteiger partial charge in [0.1, 0.15) is 5.78 Å². The molecule has 3 heteroatoms. The summed E-state index contributed by atoms with van der Waals surface area (Å²) >= 11 is 0. The standard InChI is InChI=1S/C10H13NO2/c1-7(2)10(13)6-8-5-9(12)3-4-11-8/h3-5,7H,6H2,1-2H3,(H,11,12). The van der Waals surface area contributed by atoms with Gasteiger partial charge in [-0.1, -0.05) is 13.8 Å². The topological polar surface area (TPSA) is 49.9 Å². The molecule has 0 unspecified atom stereocenters. The molecule has 0 bridgehead atoms. The van der Waals surface area contributed by atoms with Gasteiger partial charge in [0.25, 0.3) is 0 Å². The van der Waals surface area contributed by atoms with E-state index in [4.69, 9.17) is 0 Å². The molecule has 0 aliphatic heterocycles. The molecule has 1 rings (SSSR count). The maximum absolute atomic E-state index is 11.3. The van der Waals surface area contributed by atoms with Crippen molar-refractivity contribution in [1.82, 2.24) is 4.98 Å². The number of H-pyrrole nitrogens is 1. The van der Waals surface area contributed by atoms with Crippen LogP contribution in [0.1, 0.15) is 19.5 Å². The summed E-state index contributed by atoms with van der Waals surface area (Å²) in [6.07, 6.45) is 1.87. The van der Waals surface area contributed by atoms with Gasteiger partial charge < -0.3 is 4.98 Å². The fourth-order valence-electron chi connectivity index (χ4n) is 0.986. The van der Waals surface area contributed by atoms with E-state index in [2.05, 4.69) is 4.98 Å². The number of aromatic amines is 1. The third kappa shape index (κ3) is 2.86. The molecule has 0 spiro atoms. The predicted octanol–water partition coefficient (Wildman–Crippen LogP) is 1.14. The summed E-state index contributed by atoms with van der Waals surface area (Å²) < 4.78 is 0. The van der Waals surface area contributed by atoms with Crippen molar-refractivity contribution >= 4 is 5.78 Å². The number of hydrogen-bond acceptors (Lipinski definition) is 2. The highest BCUT2D eigenvalue weighted by Crippen LogP contribution is 2.00. The average Bonchev–Trinajstić information content (AvgIpc) is 2.04. The van der Waals surface area contributed by atoms with Gasteiger partial charge in [-0.2, -0.15) is 0 Å².